The normalized spacial score (nSPS) is 11.9. The van der Waals surface area contributed by atoms with Crippen LogP contribution in [0.5, 0.6) is 0 Å². The number of nitrogens with zero attached hydrogens (tertiary/aromatic N) is 3. The molecule has 0 unspecified atom stereocenters. The van der Waals surface area contributed by atoms with Crippen LogP contribution in [0.15, 0.2) is 14.2 Å². The van der Waals surface area contributed by atoms with Gasteiger partial charge in [0.25, 0.3) is 5.56 Å². The van der Waals surface area contributed by atoms with E-state index >= 15 is 0 Å². The van der Waals surface area contributed by atoms with E-state index in [2.05, 4.69) is 13.7 Å². The van der Waals surface area contributed by atoms with Gasteiger partial charge in [0, 0.05) is 11.7 Å². The molecule has 0 aromatic heterocycles. The van der Waals surface area contributed by atoms with Gasteiger partial charge in [-0.2, -0.15) is 5.26 Å². The highest BCUT2D eigenvalue weighted by atomic mass is 32.2. The number of furan rings is 1. The second-order valence-electron chi connectivity index (χ2n) is 2.76. The first kappa shape index (κ1) is 10.9. The molecule has 0 saturated heterocycles. The first-order valence-electron chi connectivity index (χ1n) is 4.18. The van der Waals surface area contributed by atoms with E-state index < -0.39 is 0 Å². The molecule has 2 rings (SSSR count). The fourth-order valence-electron chi connectivity index (χ4n) is 1.18. The van der Waals surface area contributed by atoms with Crippen molar-refractivity contribution in [1.82, 2.24) is 8.75 Å². The van der Waals surface area contributed by atoms with Gasteiger partial charge >= 0.3 is 0 Å². The summed E-state index contributed by atoms with van der Waals surface area (Å²) in [6.07, 6.45) is 1.88. The number of aromatic amines is 1. The first-order chi connectivity index (χ1) is 7.77. The molecule has 2 aliphatic rings. The van der Waals surface area contributed by atoms with E-state index in [4.69, 9.17) is 9.68 Å². The van der Waals surface area contributed by atoms with E-state index in [1.54, 1.807) is 0 Å². The highest BCUT2D eigenvalue weighted by Gasteiger charge is 2.21. The lowest BCUT2D eigenvalue weighted by atomic mass is 10.2. The Morgan fingerprint density at radius 3 is 3.25 bits per heavy atom. The van der Waals surface area contributed by atoms with Gasteiger partial charge in [-0.1, -0.05) is 0 Å². The van der Waals surface area contributed by atoms with Crippen LogP contribution in [-0.2, 0) is 0 Å². The maximum absolute atomic E-state index is 11.5. The van der Waals surface area contributed by atoms with Gasteiger partial charge in [0.1, 0.15) is 17.2 Å². The zero-order valence-corrected chi connectivity index (χ0v) is 9.81. The summed E-state index contributed by atoms with van der Waals surface area (Å²) in [5.41, 5.74) is 0.107. The van der Waals surface area contributed by atoms with E-state index in [1.807, 2.05) is 12.3 Å². The third kappa shape index (κ3) is 1.75. The summed E-state index contributed by atoms with van der Waals surface area (Å²) in [5, 5.41) is 8.98. The maximum Gasteiger partial charge on any atom is 0.272 e. The zero-order valence-electron chi connectivity index (χ0n) is 8.18. The third-order valence-corrected chi connectivity index (χ3v) is 2.74. The molecular formula is C8H6N4O2S2. The fourth-order valence-corrected chi connectivity index (χ4v) is 1.87. The summed E-state index contributed by atoms with van der Waals surface area (Å²) >= 11 is 2.37. The summed E-state index contributed by atoms with van der Waals surface area (Å²) in [7, 11) is 0. The minimum atomic E-state index is -0.374. The number of hydrogen-bond acceptors (Lipinski definition) is 7. The largest absolute Gasteiger partial charge is 0.418 e. The van der Waals surface area contributed by atoms with Crippen molar-refractivity contribution < 1.29 is 4.42 Å². The van der Waals surface area contributed by atoms with Crippen LogP contribution >= 0.6 is 23.5 Å². The van der Waals surface area contributed by atoms with Crippen molar-refractivity contribution in [3.63, 3.8) is 0 Å². The van der Waals surface area contributed by atoms with Crippen molar-refractivity contribution in [3.05, 3.63) is 21.5 Å². The molecule has 0 aliphatic carbocycles. The minimum absolute atomic E-state index is 0.144. The quantitative estimate of drug-likeness (QED) is 0.847. The lowest BCUT2D eigenvalue weighted by Gasteiger charge is -1.88. The summed E-state index contributed by atoms with van der Waals surface area (Å²) in [6.45, 7) is 0. The predicted octanol–water partition coefficient (Wildman–Crippen LogP) is 0.622. The number of nitriles is 1. The number of H-pyrrole nitrogens is 1. The second-order valence-corrected chi connectivity index (χ2v) is 4.17. The number of thioether (sulfide) groups is 1. The molecule has 8 heteroatoms. The van der Waals surface area contributed by atoms with E-state index in [0.717, 1.165) is 11.7 Å². The summed E-state index contributed by atoms with van der Waals surface area (Å²) in [6, 6.07) is 1.92. The van der Waals surface area contributed by atoms with Gasteiger partial charge < -0.3 is 4.42 Å². The van der Waals surface area contributed by atoms with E-state index in [1.165, 1.54) is 11.8 Å². The van der Waals surface area contributed by atoms with Crippen molar-refractivity contribution in [3.8, 4) is 17.5 Å². The van der Waals surface area contributed by atoms with E-state index in [-0.39, 0.29) is 28.1 Å². The van der Waals surface area contributed by atoms with Gasteiger partial charge in [-0.05, 0) is 6.26 Å². The predicted molar refractivity (Wildman–Crippen MR) is 60.3 cm³/mol. The van der Waals surface area contributed by atoms with Crippen LogP contribution in [0.2, 0.25) is 0 Å². The van der Waals surface area contributed by atoms with Crippen LogP contribution in [0.4, 0.5) is 0 Å². The standard InChI is InChI=1S/C8H6N4O2S2/c1-15-3-10-7-4(2-9)5-6(13)11-16-12-8(5)14-7/h3H2,1H3,(H,11,13). The van der Waals surface area contributed by atoms with Crippen molar-refractivity contribution >= 4 is 23.5 Å². The monoisotopic (exact) mass is 254 g/mol. The van der Waals surface area contributed by atoms with Crippen LogP contribution in [0.3, 0.4) is 0 Å². The Labute approximate surface area is 98.3 Å². The third-order valence-electron chi connectivity index (χ3n) is 1.81. The van der Waals surface area contributed by atoms with Crippen molar-refractivity contribution in [1.29, 1.82) is 5.26 Å². The Balaban J connectivity index is 2.78. The lowest BCUT2D eigenvalue weighted by Crippen LogP contribution is -2.10. The van der Waals surface area contributed by atoms with E-state index in [0.29, 0.717) is 5.88 Å². The Morgan fingerprint density at radius 2 is 2.56 bits per heavy atom. The summed E-state index contributed by atoms with van der Waals surface area (Å²) in [4.78, 5) is 15.6. The Bertz CT molecular complexity index is 633. The number of aromatic nitrogens is 2. The molecule has 0 spiro atoms. The molecule has 0 atom stereocenters. The average molecular weight is 254 g/mol. The SMILES string of the molecule is CSCN=c1oc2ns[nH]c(=O)c-2c1C#N. The molecular weight excluding hydrogens is 248 g/mol. The highest BCUT2D eigenvalue weighted by Crippen LogP contribution is 2.17. The molecule has 2 aliphatic heterocycles. The van der Waals surface area contributed by atoms with Gasteiger partial charge in [-0.15, -0.1) is 16.1 Å². The fraction of sp³-hybridized carbons (Fsp3) is 0.250. The number of fused-ring (bicyclic) bond motifs is 1. The Kier molecular flexibility index (Phi) is 3.07. The molecule has 0 bridgehead atoms. The smallest absolute Gasteiger partial charge is 0.272 e. The van der Waals surface area contributed by atoms with E-state index in [9.17, 15) is 4.79 Å². The molecule has 6 nitrogen and oxygen atoms in total. The molecule has 0 amide bonds. The van der Waals surface area contributed by atoms with Crippen LogP contribution in [-0.4, -0.2) is 20.9 Å². The maximum atomic E-state index is 11.5. The molecule has 0 radical (unpaired) electrons. The van der Waals surface area contributed by atoms with Crippen molar-refractivity contribution in [2.45, 2.75) is 0 Å². The number of rotatable bonds is 2. The lowest BCUT2D eigenvalue weighted by molar-refractivity contribution is 0.514. The van der Waals surface area contributed by atoms with Gasteiger partial charge in [0.05, 0.1) is 5.88 Å². The average Bonchev–Trinajstić information content (AvgIpc) is 2.65. The van der Waals surface area contributed by atoms with Gasteiger partial charge in [0.15, 0.2) is 0 Å². The molecule has 2 heterocycles. The molecule has 0 fully saturated rings. The molecule has 0 aromatic carbocycles. The van der Waals surface area contributed by atoms with Gasteiger partial charge in [-0.3, -0.25) is 9.17 Å². The second kappa shape index (κ2) is 4.51. The van der Waals surface area contributed by atoms with Gasteiger partial charge in [0.2, 0.25) is 11.4 Å². The molecule has 0 saturated carbocycles. The minimum Gasteiger partial charge on any atom is -0.418 e. The van der Waals surface area contributed by atoms with Crippen LogP contribution in [0.25, 0.3) is 11.5 Å². The summed E-state index contributed by atoms with van der Waals surface area (Å²) < 4.78 is 11.6. The Morgan fingerprint density at radius 1 is 1.75 bits per heavy atom. The Hall–Kier alpha value is -1.59. The molecule has 0 aromatic rings. The van der Waals surface area contributed by atoms with Crippen molar-refractivity contribution in [2.75, 3.05) is 12.1 Å². The van der Waals surface area contributed by atoms with Crippen LogP contribution in [0.1, 0.15) is 5.56 Å². The molecule has 16 heavy (non-hydrogen) atoms. The van der Waals surface area contributed by atoms with Crippen LogP contribution in [0, 0.1) is 11.3 Å². The van der Waals surface area contributed by atoms with Gasteiger partial charge in [-0.25, -0.2) is 4.99 Å². The zero-order chi connectivity index (χ0) is 11.5. The number of nitrogens with one attached hydrogen (secondary N) is 1. The topological polar surface area (TPSA) is 95.0 Å². The van der Waals surface area contributed by atoms with Crippen molar-refractivity contribution in [2.24, 2.45) is 4.99 Å². The molecule has 82 valence electrons. The first-order valence-corrected chi connectivity index (χ1v) is 6.35. The molecule has 1 N–H and O–H groups in total. The van der Waals surface area contributed by atoms with Crippen LogP contribution < -0.4 is 11.1 Å². The highest BCUT2D eigenvalue weighted by molar-refractivity contribution is 7.98. The number of hydrogen-bond donors (Lipinski definition) is 1. The summed E-state index contributed by atoms with van der Waals surface area (Å²) in [5.74, 6) is 0.626.